The number of sulfone groups is 1. The third-order valence-electron chi connectivity index (χ3n) is 4.50. The molecule has 2 heterocycles. The Kier molecular flexibility index (Phi) is 3.57. The first-order valence-electron chi connectivity index (χ1n) is 7.24. The highest BCUT2D eigenvalue weighted by molar-refractivity contribution is 9.10. The zero-order chi connectivity index (χ0) is 18.1. The molecule has 5 nitrogen and oxygen atoms in total. The van der Waals surface area contributed by atoms with E-state index in [-0.39, 0.29) is 43.3 Å². The van der Waals surface area contributed by atoms with Crippen molar-refractivity contribution >= 4 is 43.3 Å². The maximum absolute atomic E-state index is 13.7. The van der Waals surface area contributed by atoms with Crippen molar-refractivity contribution < 1.29 is 22.7 Å². The fourth-order valence-corrected chi connectivity index (χ4v) is 6.10. The van der Waals surface area contributed by atoms with Crippen molar-refractivity contribution in [1.29, 1.82) is 0 Å². The van der Waals surface area contributed by atoms with E-state index in [2.05, 4.69) is 21.2 Å². The number of amides is 1. The highest BCUT2D eigenvalue weighted by Crippen LogP contribution is 2.46. The quantitative estimate of drug-likeness (QED) is 0.705. The topological polar surface area (TPSA) is 83.5 Å². The summed E-state index contributed by atoms with van der Waals surface area (Å²) in [5.74, 6) is -1.36. The molecule has 2 N–H and O–H groups in total. The first-order chi connectivity index (χ1) is 11.6. The molecule has 9 heteroatoms. The monoisotopic (exact) mass is 445 g/mol. The first kappa shape index (κ1) is 17.0. The molecular formula is C16H10BrClFNO4S. The van der Waals surface area contributed by atoms with Gasteiger partial charge in [-0.1, -0.05) is 27.5 Å². The predicted molar refractivity (Wildman–Crippen MR) is 91.8 cm³/mol. The fourth-order valence-electron chi connectivity index (χ4n) is 3.41. The summed E-state index contributed by atoms with van der Waals surface area (Å²) in [7, 11) is -3.47. The molecule has 0 radical (unpaired) electrons. The van der Waals surface area contributed by atoms with Crippen molar-refractivity contribution in [3.05, 3.63) is 61.8 Å². The fraction of sp³-hybridized carbons (Fsp3) is 0.188. The van der Waals surface area contributed by atoms with Gasteiger partial charge < -0.3 is 10.4 Å². The second-order valence-corrected chi connectivity index (χ2v) is 9.28. The van der Waals surface area contributed by atoms with E-state index in [0.717, 1.165) is 12.1 Å². The number of nitrogens with one attached hydrogen (secondary N) is 1. The van der Waals surface area contributed by atoms with Crippen molar-refractivity contribution in [3.63, 3.8) is 0 Å². The van der Waals surface area contributed by atoms with E-state index < -0.39 is 27.3 Å². The van der Waals surface area contributed by atoms with Crippen LogP contribution in [-0.2, 0) is 22.0 Å². The van der Waals surface area contributed by atoms with Gasteiger partial charge in [-0.3, -0.25) is 4.79 Å². The summed E-state index contributed by atoms with van der Waals surface area (Å²) in [5.41, 5.74) is -1.50. The molecule has 2 aliphatic rings. The molecule has 0 spiro atoms. The minimum Gasteiger partial charge on any atom is -0.363 e. The lowest BCUT2D eigenvalue weighted by atomic mass is 9.91. The zero-order valence-electron chi connectivity index (χ0n) is 12.4. The Bertz CT molecular complexity index is 1070. The lowest BCUT2D eigenvalue weighted by molar-refractivity contribution is 0.0470. The smallest absolute Gasteiger partial charge is 0.254 e. The molecule has 1 unspecified atom stereocenters. The van der Waals surface area contributed by atoms with Gasteiger partial charge in [-0.05, 0) is 36.2 Å². The molecule has 130 valence electrons. The van der Waals surface area contributed by atoms with Gasteiger partial charge in [0.25, 0.3) is 5.91 Å². The van der Waals surface area contributed by atoms with Crippen molar-refractivity contribution in [1.82, 2.24) is 5.32 Å². The number of hydrogen-bond donors (Lipinski definition) is 2. The molecule has 2 aliphatic heterocycles. The van der Waals surface area contributed by atoms with Gasteiger partial charge >= 0.3 is 0 Å². The second kappa shape index (κ2) is 5.26. The van der Waals surface area contributed by atoms with E-state index in [1.165, 1.54) is 12.1 Å². The Morgan fingerprint density at radius 3 is 2.76 bits per heavy atom. The number of carbonyl (C=O) groups is 1. The van der Waals surface area contributed by atoms with Crippen LogP contribution in [0.2, 0.25) is 5.02 Å². The third-order valence-corrected chi connectivity index (χ3v) is 7.23. The minimum absolute atomic E-state index is 0.0252. The van der Waals surface area contributed by atoms with Crippen LogP contribution in [0.25, 0.3) is 0 Å². The summed E-state index contributed by atoms with van der Waals surface area (Å²) in [5, 5.41) is 13.7. The number of hydrogen-bond acceptors (Lipinski definition) is 4. The van der Waals surface area contributed by atoms with E-state index in [0.29, 0.717) is 5.56 Å². The Balaban J connectivity index is 2.06. The lowest BCUT2D eigenvalue weighted by Gasteiger charge is -2.26. The van der Waals surface area contributed by atoms with Crippen LogP contribution in [-0.4, -0.2) is 25.2 Å². The minimum atomic E-state index is -3.47. The molecule has 0 aromatic heterocycles. The number of aliphatic hydroxyl groups is 1. The summed E-state index contributed by atoms with van der Waals surface area (Å²) in [6.07, 6.45) is 0.174. The molecule has 25 heavy (non-hydrogen) atoms. The summed E-state index contributed by atoms with van der Waals surface area (Å²) in [6, 6.07) is 4.82. The van der Waals surface area contributed by atoms with Crippen molar-refractivity contribution in [2.75, 3.05) is 5.75 Å². The van der Waals surface area contributed by atoms with Gasteiger partial charge in [-0.25, -0.2) is 12.8 Å². The van der Waals surface area contributed by atoms with Gasteiger partial charge in [0.2, 0.25) is 0 Å². The maximum atomic E-state index is 13.7. The molecule has 4 rings (SSSR count). The third kappa shape index (κ3) is 2.28. The molecule has 2 aromatic carbocycles. The summed E-state index contributed by atoms with van der Waals surface area (Å²) in [6.45, 7) is 0. The Morgan fingerprint density at radius 2 is 2.04 bits per heavy atom. The van der Waals surface area contributed by atoms with Crippen LogP contribution in [0.4, 0.5) is 4.39 Å². The highest BCUT2D eigenvalue weighted by atomic mass is 79.9. The van der Waals surface area contributed by atoms with Crippen LogP contribution in [0.5, 0.6) is 0 Å². The van der Waals surface area contributed by atoms with Gasteiger partial charge in [0.05, 0.1) is 16.2 Å². The van der Waals surface area contributed by atoms with Crippen LogP contribution >= 0.6 is 27.5 Å². The van der Waals surface area contributed by atoms with Gasteiger partial charge in [0, 0.05) is 20.6 Å². The average Bonchev–Trinajstić information content (AvgIpc) is 2.98. The van der Waals surface area contributed by atoms with E-state index in [9.17, 15) is 22.7 Å². The Hall–Kier alpha value is -1.48. The summed E-state index contributed by atoms with van der Waals surface area (Å²) in [4.78, 5) is 12.6. The van der Waals surface area contributed by atoms with Gasteiger partial charge in [-0.15, -0.1) is 0 Å². The normalized spacial score (nSPS) is 23.3. The average molecular weight is 447 g/mol. The SMILES string of the molecule is O=C1NC(O)(c2cc(F)ccc2Cl)c2c(Br)cc3c(c21)CCS3(=O)=O. The molecular weight excluding hydrogens is 437 g/mol. The van der Waals surface area contributed by atoms with E-state index in [1.54, 1.807) is 0 Å². The number of benzene rings is 2. The number of rotatable bonds is 1. The standard InChI is InChI=1S/C16H10BrClFNO4S/c17-10-6-12-8(3-4-25(12,23)24)13-14(10)16(22,20-15(13)21)9-5-7(19)1-2-11(9)18/h1-2,5-6,22H,3-4H2,(H,20,21). The predicted octanol–water partition coefficient (Wildman–Crippen LogP) is 2.51. The number of halogens is 3. The van der Waals surface area contributed by atoms with Gasteiger partial charge in [0.1, 0.15) is 5.82 Å². The largest absolute Gasteiger partial charge is 0.363 e. The zero-order valence-corrected chi connectivity index (χ0v) is 15.6. The van der Waals surface area contributed by atoms with Crippen LogP contribution in [0.1, 0.15) is 27.0 Å². The molecule has 0 saturated carbocycles. The molecule has 1 amide bonds. The number of carbonyl (C=O) groups excluding carboxylic acids is 1. The van der Waals surface area contributed by atoms with Crippen molar-refractivity contribution in [3.8, 4) is 0 Å². The van der Waals surface area contributed by atoms with Gasteiger partial charge in [0.15, 0.2) is 15.6 Å². The highest BCUT2D eigenvalue weighted by Gasteiger charge is 2.49. The molecule has 0 bridgehead atoms. The van der Waals surface area contributed by atoms with Crippen LogP contribution in [0, 0.1) is 5.82 Å². The second-order valence-electron chi connectivity index (χ2n) is 5.94. The van der Waals surface area contributed by atoms with E-state index in [4.69, 9.17) is 11.6 Å². The Labute approximate surface area is 155 Å². The maximum Gasteiger partial charge on any atom is 0.254 e. The first-order valence-corrected chi connectivity index (χ1v) is 10.1. The number of fused-ring (bicyclic) bond motifs is 3. The van der Waals surface area contributed by atoms with Crippen LogP contribution in [0.3, 0.4) is 0 Å². The summed E-state index contributed by atoms with van der Waals surface area (Å²) >= 11 is 9.35. The molecule has 0 saturated heterocycles. The molecule has 2 aromatic rings. The van der Waals surface area contributed by atoms with Crippen molar-refractivity contribution in [2.24, 2.45) is 0 Å². The lowest BCUT2D eigenvalue weighted by Crippen LogP contribution is -2.40. The van der Waals surface area contributed by atoms with Crippen LogP contribution < -0.4 is 5.32 Å². The molecule has 0 fully saturated rings. The molecule has 0 aliphatic carbocycles. The summed E-state index contributed by atoms with van der Waals surface area (Å²) < 4.78 is 38.2. The van der Waals surface area contributed by atoms with Gasteiger partial charge in [-0.2, -0.15) is 0 Å². The van der Waals surface area contributed by atoms with Crippen molar-refractivity contribution in [2.45, 2.75) is 17.0 Å². The Morgan fingerprint density at radius 1 is 1.32 bits per heavy atom. The van der Waals surface area contributed by atoms with E-state index in [1.807, 2.05) is 0 Å². The van der Waals surface area contributed by atoms with E-state index >= 15 is 0 Å². The van der Waals surface area contributed by atoms with Crippen LogP contribution in [0.15, 0.2) is 33.6 Å². The molecule has 1 atom stereocenters.